The molecule has 5 nitrogen and oxygen atoms in total. The summed E-state index contributed by atoms with van der Waals surface area (Å²) in [6.07, 6.45) is 0. The zero-order valence-electron chi connectivity index (χ0n) is 14.3. The molecule has 142 valence electrons. The van der Waals surface area contributed by atoms with Crippen LogP contribution in [0.5, 0.6) is 0 Å². The first kappa shape index (κ1) is 22.7. The van der Waals surface area contributed by atoms with Crippen LogP contribution in [0.15, 0.2) is 28.7 Å². The van der Waals surface area contributed by atoms with Gasteiger partial charge in [-0.3, -0.25) is 9.69 Å². The van der Waals surface area contributed by atoms with Crippen molar-refractivity contribution in [3.05, 3.63) is 34.3 Å². The lowest BCUT2D eigenvalue weighted by molar-refractivity contribution is -0.138. The van der Waals surface area contributed by atoms with Gasteiger partial charge in [0.15, 0.2) is 0 Å². The predicted molar refractivity (Wildman–Crippen MR) is 108 cm³/mol. The van der Waals surface area contributed by atoms with Crippen LogP contribution in [-0.4, -0.2) is 67.7 Å². The summed E-state index contributed by atoms with van der Waals surface area (Å²) in [6, 6.07) is 8.70. The average Bonchev–Trinajstić information content (AvgIpc) is 2.62. The van der Waals surface area contributed by atoms with Gasteiger partial charge in [0.25, 0.3) is 0 Å². The Balaban J connectivity index is 0.00000156. The molecule has 0 spiro atoms. The highest BCUT2D eigenvalue weighted by atomic mass is 79.9. The summed E-state index contributed by atoms with van der Waals surface area (Å²) in [6.45, 7) is 7.59. The maximum Gasteiger partial charge on any atom is 0.242 e. The van der Waals surface area contributed by atoms with Crippen molar-refractivity contribution in [3.8, 4) is 0 Å². The number of piperazine rings is 1. The summed E-state index contributed by atoms with van der Waals surface area (Å²) >= 11 is 3.48. The molecule has 1 aromatic carbocycles. The number of amides is 1. The van der Waals surface area contributed by atoms with E-state index in [1.165, 1.54) is 5.56 Å². The van der Waals surface area contributed by atoms with E-state index in [1.807, 2.05) is 4.90 Å². The second-order valence-corrected chi connectivity index (χ2v) is 7.09. The van der Waals surface area contributed by atoms with Gasteiger partial charge in [0.1, 0.15) is 6.04 Å². The molecule has 25 heavy (non-hydrogen) atoms. The van der Waals surface area contributed by atoms with Crippen LogP contribution >= 0.6 is 40.7 Å². The van der Waals surface area contributed by atoms with Gasteiger partial charge in [0.2, 0.25) is 5.91 Å². The number of carbonyl (C=O) groups excluding carboxylic acids is 1. The van der Waals surface area contributed by atoms with Crippen LogP contribution in [0.1, 0.15) is 18.5 Å². The van der Waals surface area contributed by atoms with E-state index in [-0.39, 0.29) is 36.8 Å². The topological polar surface area (TPSA) is 44.8 Å². The highest BCUT2D eigenvalue weighted by Crippen LogP contribution is 2.23. The number of morpholine rings is 1. The number of carbonyl (C=O) groups is 1. The molecular weight excluding hydrogens is 429 g/mol. The van der Waals surface area contributed by atoms with E-state index in [1.54, 1.807) is 0 Å². The number of nitrogens with one attached hydrogen (secondary N) is 1. The van der Waals surface area contributed by atoms with Crippen molar-refractivity contribution in [3.63, 3.8) is 0 Å². The Hall–Kier alpha value is -0.370. The molecule has 8 heteroatoms. The Morgan fingerprint density at radius 1 is 1.20 bits per heavy atom. The summed E-state index contributed by atoms with van der Waals surface area (Å²) in [4.78, 5) is 16.9. The Kier molecular flexibility index (Phi) is 9.70. The fraction of sp³-hybridized carbons (Fsp3) is 0.588. The van der Waals surface area contributed by atoms with Gasteiger partial charge in [-0.25, -0.2) is 0 Å². The first-order valence-electron chi connectivity index (χ1n) is 8.24. The number of hydrogen-bond acceptors (Lipinski definition) is 4. The van der Waals surface area contributed by atoms with Gasteiger partial charge in [-0.2, -0.15) is 0 Å². The molecular formula is C17H26BrCl2N3O2. The fourth-order valence-corrected chi connectivity index (χ4v) is 3.49. The Bertz CT molecular complexity index is 533. The molecule has 2 aliphatic heterocycles. The molecule has 2 unspecified atom stereocenters. The van der Waals surface area contributed by atoms with E-state index < -0.39 is 0 Å². The van der Waals surface area contributed by atoms with Crippen LogP contribution in [0.4, 0.5) is 0 Å². The van der Waals surface area contributed by atoms with Gasteiger partial charge in [-0.15, -0.1) is 24.8 Å². The minimum Gasteiger partial charge on any atom is -0.378 e. The summed E-state index contributed by atoms with van der Waals surface area (Å²) in [5.74, 6) is 0.181. The van der Waals surface area contributed by atoms with Crippen molar-refractivity contribution in [2.45, 2.75) is 19.0 Å². The molecule has 1 N–H and O–H groups in total. The molecule has 2 aliphatic rings. The van der Waals surface area contributed by atoms with Crippen molar-refractivity contribution >= 4 is 46.7 Å². The molecule has 2 saturated heterocycles. The molecule has 0 radical (unpaired) electrons. The van der Waals surface area contributed by atoms with Crippen molar-refractivity contribution in [1.29, 1.82) is 0 Å². The summed E-state index contributed by atoms with van der Waals surface area (Å²) in [7, 11) is 0. The number of halogens is 3. The van der Waals surface area contributed by atoms with E-state index in [2.05, 4.69) is 57.3 Å². The van der Waals surface area contributed by atoms with Crippen LogP contribution in [0.25, 0.3) is 0 Å². The monoisotopic (exact) mass is 453 g/mol. The molecule has 2 heterocycles. The number of ether oxygens (including phenoxy) is 1. The second-order valence-electron chi connectivity index (χ2n) is 6.17. The van der Waals surface area contributed by atoms with Crippen LogP contribution in [0.3, 0.4) is 0 Å². The summed E-state index contributed by atoms with van der Waals surface area (Å²) in [5, 5.41) is 3.25. The van der Waals surface area contributed by atoms with Gasteiger partial charge in [-0.05, 0) is 24.6 Å². The van der Waals surface area contributed by atoms with E-state index in [4.69, 9.17) is 4.74 Å². The quantitative estimate of drug-likeness (QED) is 0.761. The van der Waals surface area contributed by atoms with Crippen LogP contribution < -0.4 is 5.32 Å². The van der Waals surface area contributed by atoms with Gasteiger partial charge in [0.05, 0.1) is 13.2 Å². The lowest BCUT2D eigenvalue weighted by atomic mass is 10.1. The summed E-state index contributed by atoms with van der Waals surface area (Å²) in [5.41, 5.74) is 1.32. The van der Waals surface area contributed by atoms with Crippen molar-refractivity contribution < 1.29 is 9.53 Å². The fourth-order valence-electron chi connectivity index (χ4n) is 3.23. The normalized spacial score (nSPS) is 22.5. The Labute approximate surface area is 170 Å². The number of rotatable bonds is 3. The van der Waals surface area contributed by atoms with Gasteiger partial charge in [0, 0.05) is 43.2 Å². The van der Waals surface area contributed by atoms with E-state index >= 15 is 0 Å². The third-order valence-electron chi connectivity index (χ3n) is 4.75. The zero-order valence-corrected chi connectivity index (χ0v) is 17.5. The molecule has 2 atom stereocenters. The first-order chi connectivity index (χ1) is 11.1. The summed E-state index contributed by atoms with van der Waals surface area (Å²) < 4.78 is 6.50. The van der Waals surface area contributed by atoms with Crippen LogP contribution in [0, 0.1) is 0 Å². The minimum absolute atomic E-state index is 0. The van der Waals surface area contributed by atoms with Crippen molar-refractivity contribution in [1.82, 2.24) is 15.1 Å². The minimum atomic E-state index is -0.167. The highest BCUT2D eigenvalue weighted by Gasteiger charge is 2.30. The molecule has 0 saturated carbocycles. The average molecular weight is 455 g/mol. The number of benzene rings is 1. The Morgan fingerprint density at radius 3 is 2.40 bits per heavy atom. The predicted octanol–water partition coefficient (Wildman–Crippen LogP) is 2.49. The Morgan fingerprint density at radius 2 is 1.84 bits per heavy atom. The third-order valence-corrected chi connectivity index (χ3v) is 5.27. The van der Waals surface area contributed by atoms with E-state index in [9.17, 15) is 4.79 Å². The molecule has 2 fully saturated rings. The molecule has 1 amide bonds. The number of hydrogen-bond donors (Lipinski definition) is 1. The van der Waals surface area contributed by atoms with Crippen LogP contribution in [-0.2, 0) is 9.53 Å². The highest BCUT2D eigenvalue weighted by molar-refractivity contribution is 9.10. The molecule has 1 aromatic rings. The lowest BCUT2D eigenvalue weighted by Gasteiger charge is -2.39. The van der Waals surface area contributed by atoms with Gasteiger partial charge in [-0.1, -0.05) is 28.1 Å². The second kappa shape index (κ2) is 10.7. The maximum atomic E-state index is 12.5. The molecule has 0 aliphatic carbocycles. The largest absolute Gasteiger partial charge is 0.378 e. The zero-order chi connectivity index (χ0) is 16.2. The van der Waals surface area contributed by atoms with Crippen molar-refractivity contribution in [2.75, 3.05) is 45.9 Å². The van der Waals surface area contributed by atoms with Crippen molar-refractivity contribution in [2.24, 2.45) is 0 Å². The molecule has 3 rings (SSSR count). The van der Waals surface area contributed by atoms with E-state index in [0.29, 0.717) is 19.3 Å². The maximum absolute atomic E-state index is 12.5. The molecule has 0 bridgehead atoms. The molecule has 0 aromatic heterocycles. The lowest BCUT2D eigenvalue weighted by Crippen LogP contribution is -2.57. The van der Waals surface area contributed by atoms with Gasteiger partial charge < -0.3 is 15.0 Å². The first-order valence-corrected chi connectivity index (χ1v) is 9.04. The van der Waals surface area contributed by atoms with Gasteiger partial charge >= 0.3 is 0 Å². The standard InChI is InChI=1S/C17H24BrN3O2.2ClH/c1-13(14-2-4-15(18)5-3-14)20-7-9-21(10-8-20)17(22)16-12-23-11-6-19-16;;/h2-5,13,16,19H,6-12H2,1H3;2*1H. The number of nitrogens with zero attached hydrogens (tertiary/aromatic N) is 2. The smallest absolute Gasteiger partial charge is 0.242 e. The third kappa shape index (κ3) is 5.81. The van der Waals surface area contributed by atoms with Crippen LogP contribution in [0.2, 0.25) is 0 Å². The van der Waals surface area contributed by atoms with E-state index in [0.717, 1.165) is 37.2 Å². The SMILES string of the molecule is CC(c1ccc(Br)cc1)N1CCN(C(=O)C2COCCN2)CC1.Cl.Cl.